The number of hydrogen-bond donors (Lipinski definition) is 2. The third-order valence-corrected chi connectivity index (χ3v) is 3.82. The molecule has 1 aromatic carbocycles. The standard InChI is InChI=1S/C15H16N2O3S2/c1-3-20-12-7-5-4-6-10(12)16-15(21)17-11-8-9-22-13(11)14(18)19-2/h4-9H,3H2,1-2H3,(H2,16,17,21). The Labute approximate surface area is 138 Å². The summed E-state index contributed by atoms with van der Waals surface area (Å²) in [5.74, 6) is 0.322. The van der Waals surface area contributed by atoms with E-state index in [2.05, 4.69) is 10.6 Å². The Morgan fingerprint density at radius 1 is 1.23 bits per heavy atom. The lowest BCUT2D eigenvalue weighted by Gasteiger charge is -2.14. The van der Waals surface area contributed by atoms with Gasteiger partial charge in [0.2, 0.25) is 0 Å². The van der Waals surface area contributed by atoms with Crippen molar-refractivity contribution < 1.29 is 14.3 Å². The molecule has 0 atom stereocenters. The van der Waals surface area contributed by atoms with Crippen molar-refractivity contribution in [1.29, 1.82) is 0 Å². The summed E-state index contributed by atoms with van der Waals surface area (Å²) >= 11 is 6.58. The molecule has 0 fully saturated rings. The maximum absolute atomic E-state index is 11.6. The van der Waals surface area contributed by atoms with E-state index in [0.717, 1.165) is 5.69 Å². The molecule has 0 saturated carbocycles. The van der Waals surface area contributed by atoms with Gasteiger partial charge in [-0.05, 0) is 42.7 Å². The van der Waals surface area contributed by atoms with Crippen LogP contribution in [0, 0.1) is 0 Å². The van der Waals surface area contributed by atoms with Crippen molar-refractivity contribution in [3.05, 3.63) is 40.6 Å². The Morgan fingerprint density at radius 3 is 2.68 bits per heavy atom. The van der Waals surface area contributed by atoms with Gasteiger partial charge >= 0.3 is 5.97 Å². The van der Waals surface area contributed by atoms with Crippen LogP contribution < -0.4 is 15.4 Å². The molecule has 0 saturated heterocycles. The normalized spacial score (nSPS) is 9.91. The van der Waals surface area contributed by atoms with Crippen molar-refractivity contribution in [2.75, 3.05) is 24.4 Å². The smallest absolute Gasteiger partial charge is 0.350 e. The van der Waals surface area contributed by atoms with E-state index < -0.39 is 5.97 Å². The first-order valence-corrected chi connectivity index (χ1v) is 7.90. The maximum Gasteiger partial charge on any atom is 0.350 e. The van der Waals surface area contributed by atoms with E-state index in [1.165, 1.54) is 18.4 Å². The number of methoxy groups -OCH3 is 1. The fraction of sp³-hybridized carbons (Fsp3) is 0.200. The number of carbonyl (C=O) groups excluding carboxylic acids is 1. The fourth-order valence-corrected chi connectivity index (χ4v) is 2.77. The number of nitrogens with one attached hydrogen (secondary N) is 2. The summed E-state index contributed by atoms with van der Waals surface area (Å²) in [6, 6.07) is 9.28. The molecular formula is C15H16N2O3S2. The molecule has 22 heavy (non-hydrogen) atoms. The fourth-order valence-electron chi connectivity index (χ4n) is 1.79. The molecule has 2 N–H and O–H groups in total. The molecule has 0 aliphatic carbocycles. The van der Waals surface area contributed by atoms with E-state index in [4.69, 9.17) is 21.7 Å². The minimum absolute atomic E-state index is 0.371. The van der Waals surface area contributed by atoms with Crippen LogP contribution in [0.5, 0.6) is 5.75 Å². The van der Waals surface area contributed by atoms with Gasteiger partial charge in [-0.15, -0.1) is 11.3 Å². The van der Waals surface area contributed by atoms with Crippen molar-refractivity contribution >= 4 is 46.0 Å². The summed E-state index contributed by atoms with van der Waals surface area (Å²) in [5.41, 5.74) is 1.37. The molecule has 0 radical (unpaired) electrons. The lowest BCUT2D eigenvalue weighted by molar-refractivity contribution is 0.0607. The van der Waals surface area contributed by atoms with Crippen LogP contribution in [0.25, 0.3) is 0 Å². The van der Waals surface area contributed by atoms with E-state index in [1.54, 1.807) is 11.4 Å². The van der Waals surface area contributed by atoms with Gasteiger partial charge in [0.15, 0.2) is 5.11 Å². The summed E-state index contributed by atoms with van der Waals surface area (Å²) in [7, 11) is 1.35. The summed E-state index contributed by atoms with van der Waals surface area (Å²) in [5, 5.41) is 8.23. The number of thiocarbonyl (C=S) groups is 1. The zero-order chi connectivity index (χ0) is 15.9. The topological polar surface area (TPSA) is 59.6 Å². The number of esters is 1. The first-order chi connectivity index (χ1) is 10.7. The van der Waals surface area contributed by atoms with Crippen molar-refractivity contribution in [3.63, 3.8) is 0 Å². The largest absolute Gasteiger partial charge is 0.492 e. The van der Waals surface area contributed by atoms with Crippen molar-refractivity contribution in [2.24, 2.45) is 0 Å². The number of hydrogen-bond acceptors (Lipinski definition) is 5. The van der Waals surface area contributed by atoms with Gasteiger partial charge in [-0.3, -0.25) is 0 Å². The van der Waals surface area contributed by atoms with Gasteiger partial charge in [-0.2, -0.15) is 0 Å². The monoisotopic (exact) mass is 336 g/mol. The number of para-hydroxylation sites is 2. The van der Waals surface area contributed by atoms with E-state index >= 15 is 0 Å². The van der Waals surface area contributed by atoms with Crippen LogP contribution in [0.15, 0.2) is 35.7 Å². The molecule has 0 unspecified atom stereocenters. The molecule has 1 aromatic heterocycles. The number of anilines is 2. The SMILES string of the molecule is CCOc1ccccc1NC(=S)Nc1ccsc1C(=O)OC. The third kappa shape index (κ3) is 3.96. The van der Waals surface area contributed by atoms with Gasteiger partial charge in [0.1, 0.15) is 10.6 Å². The molecule has 116 valence electrons. The zero-order valence-electron chi connectivity index (χ0n) is 12.2. The number of ether oxygens (including phenoxy) is 2. The zero-order valence-corrected chi connectivity index (χ0v) is 13.8. The second-order valence-corrected chi connectivity index (χ2v) is 5.49. The van der Waals surface area contributed by atoms with E-state index in [1.807, 2.05) is 31.2 Å². The molecule has 0 amide bonds. The molecule has 2 aromatic rings. The molecule has 0 aliphatic rings. The first kappa shape index (κ1) is 16.3. The quantitative estimate of drug-likeness (QED) is 0.641. The van der Waals surface area contributed by atoms with E-state index in [-0.39, 0.29) is 0 Å². The minimum atomic E-state index is -0.394. The van der Waals surface area contributed by atoms with E-state index in [9.17, 15) is 4.79 Å². The molecule has 2 rings (SSSR count). The molecule has 1 heterocycles. The predicted molar refractivity (Wildman–Crippen MR) is 93.1 cm³/mol. The van der Waals surface area contributed by atoms with Gasteiger partial charge in [-0.25, -0.2) is 4.79 Å². The predicted octanol–water partition coefficient (Wildman–Crippen LogP) is 3.74. The first-order valence-electron chi connectivity index (χ1n) is 6.61. The highest BCUT2D eigenvalue weighted by Gasteiger charge is 2.14. The van der Waals surface area contributed by atoms with Gasteiger partial charge in [0.05, 0.1) is 25.1 Å². The lowest BCUT2D eigenvalue weighted by Crippen LogP contribution is -2.20. The van der Waals surface area contributed by atoms with Crippen LogP contribution in [0.1, 0.15) is 16.6 Å². The Bertz CT molecular complexity index is 670. The van der Waals surface area contributed by atoms with Gasteiger partial charge in [0.25, 0.3) is 0 Å². The Morgan fingerprint density at radius 2 is 1.95 bits per heavy atom. The minimum Gasteiger partial charge on any atom is -0.492 e. The van der Waals surface area contributed by atoms with Gasteiger partial charge < -0.3 is 20.1 Å². The molecular weight excluding hydrogens is 320 g/mol. The van der Waals surface area contributed by atoms with Crippen LogP contribution in [-0.2, 0) is 4.74 Å². The molecule has 5 nitrogen and oxygen atoms in total. The van der Waals surface area contributed by atoms with Gasteiger partial charge in [-0.1, -0.05) is 12.1 Å². The number of carbonyl (C=O) groups is 1. The number of thiophene rings is 1. The summed E-state index contributed by atoms with van der Waals surface area (Å²) in [6.07, 6.45) is 0. The average molecular weight is 336 g/mol. The molecule has 0 bridgehead atoms. The lowest BCUT2D eigenvalue weighted by atomic mass is 10.3. The van der Waals surface area contributed by atoms with Crippen LogP contribution in [-0.4, -0.2) is 24.8 Å². The molecule has 0 aliphatic heterocycles. The van der Waals surface area contributed by atoms with Crippen LogP contribution in [0.4, 0.5) is 11.4 Å². The van der Waals surface area contributed by atoms with Crippen LogP contribution in [0.3, 0.4) is 0 Å². The second-order valence-electron chi connectivity index (χ2n) is 4.16. The Hall–Kier alpha value is -2.12. The van der Waals surface area contributed by atoms with Crippen LogP contribution >= 0.6 is 23.6 Å². The highest BCUT2D eigenvalue weighted by atomic mass is 32.1. The molecule has 0 spiro atoms. The van der Waals surface area contributed by atoms with Crippen LogP contribution in [0.2, 0.25) is 0 Å². The number of rotatable bonds is 5. The third-order valence-electron chi connectivity index (χ3n) is 2.72. The van der Waals surface area contributed by atoms with Crippen molar-refractivity contribution in [1.82, 2.24) is 0 Å². The highest BCUT2D eigenvalue weighted by Crippen LogP contribution is 2.26. The van der Waals surface area contributed by atoms with Crippen molar-refractivity contribution in [2.45, 2.75) is 6.92 Å². The van der Waals surface area contributed by atoms with E-state index in [0.29, 0.717) is 28.0 Å². The van der Waals surface area contributed by atoms with Crippen molar-refractivity contribution in [3.8, 4) is 5.75 Å². The molecule has 7 heteroatoms. The Kier molecular flexibility index (Phi) is 5.74. The second kappa shape index (κ2) is 7.77. The number of benzene rings is 1. The highest BCUT2D eigenvalue weighted by molar-refractivity contribution is 7.80. The Balaban J connectivity index is 2.08. The summed E-state index contributed by atoms with van der Waals surface area (Å²) in [6.45, 7) is 2.48. The van der Waals surface area contributed by atoms with Gasteiger partial charge in [0, 0.05) is 0 Å². The summed E-state index contributed by atoms with van der Waals surface area (Å²) < 4.78 is 10.3. The summed E-state index contributed by atoms with van der Waals surface area (Å²) in [4.78, 5) is 12.1. The maximum atomic E-state index is 11.6. The average Bonchev–Trinajstić information content (AvgIpc) is 2.96.